The number of nitrogens with zero attached hydrogens (tertiary/aromatic N) is 3. The summed E-state index contributed by atoms with van der Waals surface area (Å²) < 4.78 is 5.51. The van der Waals surface area contributed by atoms with Crippen LogP contribution in [0.25, 0.3) is 0 Å². The lowest BCUT2D eigenvalue weighted by molar-refractivity contribution is -0.127. The Kier molecular flexibility index (Phi) is 4.19. The van der Waals surface area contributed by atoms with Crippen molar-refractivity contribution < 1.29 is 9.53 Å². The molecule has 1 fully saturated rings. The van der Waals surface area contributed by atoms with E-state index < -0.39 is 0 Å². The summed E-state index contributed by atoms with van der Waals surface area (Å²) >= 11 is 0. The van der Waals surface area contributed by atoms with E-state index in [-0.39, 0.29) is 11.9 Å². The number of carbonyl (C=O) groups excluding carboxylic acids is 1. The Hall–Kier alpha value is -1.85. The summed E-state index contributed by atoms with van der Waals surface area (Å²) in [6.45, 7) is 5.52. The lowest BCUT2D eigenvalue weighted by Gasteiger charge is -2.13. The van der Waals surface area contributed by atoms with Crippen molar-refractivity contribution in [2.45, 2.75) is 26.3 Å². The third kappa shape index (κ3) is 3.56. The molecule has 6 heteroatoms. The van der Waals surface area contributed by atoms with Crippen LogP contribution in [0.3, 0.4) is 0 Å². The van der Waals surface area contributed by atoms with Gasteiger partial charge in [0.05, 0.1) is 19.0 Å². The van der Waals surface area contributed by atoms with Crippen LogP contribution >= 0.6 is 0 Å². The van der Waals surface area contributed by atoms with Crippen molar-refractivity contribution in [2.24, 2.45) is 5.92 Å². The van der Waals surface area contributed by atoms with Crippen LogP contribution in [-0.2, 0) is 4.79 Å². The van der Waals surface area contributed by atoms with Gasteiger partial charge < -0.3 is 15.0 Å². The second-order valence-electron chi connectivity index (χ2n) is 5.19. The number of nitrogens with one attached hydrogen (secondary N) is 1. The fourth-order valence-electron chi connectivity index (χ4n) is 1.87. The number of hydrogen-bond donors (Lipinski definition) is 1. The zero-order valence-corrected chi connectivity index (χ0v) is 11.6. The van der Waals surface area contributed by atoms with Crippen molar-refractivity contribution >= 4 is 11.7 Å². The van der Waals surface area contributed by atoms with E-state index in [1.54, 1.807) is 24.3 Å². The van der Waals surface area contributed by atoms with Crippen LogP contribution in [-0.4, -0.2) is 47.0 Å². The zero-order valence-electron chi connectivity index (χ0n) is 11.6. The SMILES string of the molecule is CC(C)COc1cncc(NC2CCN(C)C2=O)n1. The van der Waals surface area contributed by atoms with Gasteiger partial charge >= 0.3 is 0 Å². The molecule has 2 rings (SSSR count). The van der Waals surface area contributed by atoms with Crippen LogP contribution in [0, 0.1) is 5.92 Å². The first-order valence-electron chi connectivity index (χ1n) is 6.52. The number of amides is 1. The van der Waals surface area contributed by atoms with E-state index in [0.29, 0.717) is 24.2 Å². The van der Waals surface area contributed by atoms with Gasteiger partial charge in [0.1, 0.15) is 11.9 Å². The largest absolute Gasteiger partial charge is 0.476 e. The maximum atomic E-state index is 11.8. The van der Waals surface area contributed by atoms with Crippen molar-refractivity contribution in [1.29, 1.82) is 0 Å². The Morgan fingerprint density at radius 2 is 2.32 bits per heavy atom. The zero-order chi connectivity index (χ0) is 13.8. The quantitative estimate of drug-likeness (QED) is 0.864. The molecule has 1 aliphatic rings. The van der Waals surface area contributed by atoms with E-state index in [2.05, 4.69) is 29.1 Å². The number of likely N-dealkylation sites (N-methyl/N-ethyl adjacent to an activating group) is 1. The first kappa shape index (κ1) is 13.6. The van der Waals surface area contributed by atoms with Crippen LogP contribution in [0.2, 0.25) is 0 Å². The topological polar surface area (TPSA) is 67.3 Å². The third-order valence-corrected chi connectivity index (χ3v) is 2.93. The number of anilines is 1. The molecule has 19 heavy (non-hydrogen) atoms. The number of hydrogen-bond acceptors (Lipinski definition) is 5. The Morgan fingerprint density at radius 1 is 1.53 bits per heavy atom. The number of likely N-dealkylation sites (tertiary alicyclic amines) is 1. The van der Waals surface area contributed by atoms with Crippen molar-refractivity contribution in [3.63, 3.8) is 0 Å². The molecule has 0 radical (unpaired) electrons. The van der Waals surface area contributed by atoms with E-state index >= 15 is 0 Å². The lowest BCUT2D eigenvalue weighted by Crippen LogP contribution is -2.31. The second kappa shape index (κ2) is 5.86. The second-order valence-corrected chi connectivity index (χ2v) is 5.19. The molecule has 1 N–H and O–H groups in total. The lowest BCUT2D eigenvalue weighted by atomic mass is 10.2. The molecule has 1 atom stereocenters. The highest BCUT2D eigenvalue weighted by Gasteiger charge is 2.29. The number of rotatable bonds is 5. The predicted molar refractivity (Wildman–Crippen MR) is 72.0 cm³/mol. The van der Waals surface area contributed by atoms with Crippen molar-refractivity contribution in [1.82, 2.24) is 14.9 Å². The third-order valence-electron chi connectivity index (χ3n) is 2.93. The van der Waals surface area contributed by atoms with Crippen molar-refractivity contribution in [3.05, 3.63) is 12.4 Å². The molecule has 1 unspecified atom stereocenters. The van der Waals surface area contributed by atoms with Gasteiger partial charge in [0, 0.05) is 13.6 Å². The highest BCUT2D eigenvalue weighted by molar-refractivity contribution is 5.86. The maximum absolute atomic E-state index is 11.8. The minimum absolute atomic E-state index is 0.0929. The average Bonchev–Trinajstić information content (AvgIpc) is 2.69. The fourth-order valence-corrected chi connectivity index (χ4v) is 1.87. The summed E-state index contributed by atoms with van der Waals surface area (Å²) in [6.07, 6.45) is 3.97. The summed E-state index contributed by atoms with van der Waals surface area (Å²) in [7, 11) is 1.80. The number of ether oxygens (including phenoxy) is 1. The molecular weight excluding hydrogens is 244 g/mol. The standard InChI is InChI=1S/C13H20N4O2/c1-9(2)8-19-12-7-14-6-11(16-12)15-10-4-5-17(3)13(10)18/h6-7,9-10H,4-5,8H2,1-3H3,(H,15,16). The first-order chi connectivity index (χ1) is 9.06. The van der Waals surface area contributed by atoms with E-state index in [1.807, 2.05) is 0 Å². The fraction of sp³-hybridized carbons (Fsp3) is 0.615. The number of aromatic nitrogens is 2. The van der Waals surface area contributed by atoms with E-state index in [9.17, 15) is 4.79 Å². The summed E-state index contributed by atoms with van der Waals surface area (Å²) in [4.78, 5) is 21.9. The van der Waals surface area contributed by atoms with Crippen LogP contribution in [0.5, 0.6) is 5.88 Å². The van der Waals surface area contributed by atoms with E-state index in [4.69, 9.17) is 4.74 Å². The summed E-state index contributed by atoms with van der Waals surface area (Å²) in [6, 6.07) is -0.209. The van der Waals surface area contributed by atoms with Gasteiger partial charge in [-0.2, -0.15) is 4.98 Å². The Balaban J connectivity index is 1.97. The van der Waals surface area contributed by atoms with Gasteiger partial charge in [0.2, 0.25) is 11.8 Å². The van der Waals surface area contributed by atoms with Crippen LogP contribution in [0.15, 0.2) is 12.4 Å². The predicted octanol–water partition coefficient (Wildman–Crippen LogP) is 1.15. The van der Waals surface area contributed by atoms with Crippen LogP contribution in [0.4, 0.5) is 5.82 Å². The highest BCUT2D eigenvalue weighted by Crippen LogP contribution is 2.16. The summed E-state index contributed by atoms with van der Waals surface area (Å²) in [5.74, 6) is 1.59. The van der Waals surface area contributed by atoms with Crippen LogP contribution < -0.4 is 10.1 Å². The maximum Gasteiger partial charge on any atom is 0.244 e. The van der Waals surface area contributed by atoms with Crippen molar-refractivity contribution in [3.8, 4) is 5.88 Å². The summed E-state index contributed by atoms with van der Waals surface area (Å²) in [5.41, 5.74) is 0. The minimum atomic E-state index is -0.209. The Labute approximate surface area is 113 Å². The molecule has 104 valence electrons. The van der Waals surface area contributed by atoms with Gasteiger partial charge in [-0.1, -0.05) is 13.8 Å². The molecule has 0 spiro atoms. The normalized spacial score (nSPS) is 19.1. The first-order valence-corrected chi connectivity index (χ1v) is 6.52. The van der Waals surface area contributed by atoms with Gasteiger partial charge in [-0.3, -0.25) is 9.78 Å². The average molecular weight is 264 g/mol. The van der Waals surface area contributed by atoms with E-state index in [0.717, 1.165) is 13.0 Å². The molecule has 1 aromatic rings. The van der Waals surface area contributed by atoms with Gasteiger partial charge in [0.25, 0.3) is 0 Å². The molecule has 1 aromatic heterocycles. The van der Waals surface area contributed by atoms with Crippen LogP contribution in [0.1, 0.15) is 20.3 Å². The van der Waals surface area contributed by atoms with Gasteiger partial charge in [-0.15, -0.1) is 0 Å². The molecule has 1 amide bonds. The molecule has 2 heterocycles. The Morgan fingerprint density at radius 3 is 2.95 bits per heavy atom. The summed E-state index contributed by atoms with van der Waals surface area (Å²) in [5, 5.41) is 3.10. The minimum Gasteiger partial charge on any atom is -0.476 e. The molecule has 1 saturated heterocycles. The van der Waals surface area contributed by atoms with E-state index in [1.165, 1.54) is 0 Å². The molecule has 0 aromatic carbocycles. The van der Waals surface area contributed by atoms with Gasteiger partial charge in [-0.25, -0.2) is 0 Å². The molecule has 1 aliphatic heterocycles. The molecule has 0 saturated carbocycles. The monoisotopic (exact) mass is 264 g/mol. The highest BCUT2D eigenvalue weighted by atomic mass is 16.5. The molecule has 0 aliphatic carbocycles. The number of carbonyl (C=O) groups is 1. The van der Waals surface area contributed by atoms with Crippen molar-refractivity contribution in [2.75, 3.05) is 25.5 Å². The molecule has 0 bridgehead atoms. The molecule has 6 nitrogen and oxygen atoms in total. The Bertz CT molecular complexity index is 450. The van der Waals surface area contributed by atoms with Gasteiger partial charge in [-0.05, 0) is 12.3 Å². The smallest absolute Gasteiger partial charge is 0.244 e. The molecular formula is C13H20N4O2. The van der Waals surface area contributed by atoms with Gasteiger partial charge in [0.15, 0.2) is 0 Å².